The summed E-state index contributed by atoms with van der Waals surface area (Å²) in [6, 6.07) is 3.83. The first kappa shape index (κ1) is 15.7. The fraction of sp³-hybridized carbons (Fsp3) is 0.357. The van der Waals surface area contributed by atoms with E-state index in [4.69, 9.17) is 11.6 Å². The van der Waals surface area contributed by atoms with Crippen LogP contribution >= 0.6 is 22.9 Å². The molecule has 1 amide bonds. The number of thiophene rings is 1. The normalized spacial score (nSPS) is 20.4. The molecule has 1 aliphatic rings. The molecule has 1 saturated heterocycles. The Bertz CT molecular complexity index is 862. The molecule has 3 rings (SSSR count). The molecule has 0 spiro atoms. The molecule has 0 radical (unpaired) electrons. The fourth-order valence-corrected chi connectivity index (χ4v) is 5.88. The Hall–Kier alpha value is -1.18. The Morgan fingerprint density at radius 1 is 1.45 bits per heavy atom. The molecule has 1 aliphatic heterocycles. The van der Waals surface area contributed by atoms with E-state index in [1.54, 1.807) is 13.1 Å². The molecular weight excluding hydrogens is 349 g/mol. The summed E-state index contributed by atoms with van der Waals surface area (Å²) in [7, 11) is -1.49. The third-order valence-electron chi connectivity index (χ3n) is 3.86. The zero-order valence-corrected chi connectivity index (χ0v) is 14.1. The number of halogens is 2. The first-order valence-electron chi connectivity index (χ1n) is 6.63. The average Bonchev–Trinajstić information content (AvgIpc) is 2.97. The van der Waals surface area contributed by atoms with Gasteiger partial charge >= 0.3 is 0 Å². The standard InChI is InChI=1S/C14H13ClFNO3S2/c1-17(9-4-5-22(19,20)7-9)14(18)13-12(15)10-3-2-8(16)6-11(10)21-13/h2-3,6,9H,4-5,7H2,1H3. The molecular formula is C14H13ClFNO3S2. The largest absolute Gasteiger partial charge is 0.337 e. The van der Waals surface area contributed by atoms with Crippen LogP contribution in [0.4, 0.5) is 4.39 Å². The molecule has 0 N–H and O–H groups in total. The number of hydrogen-bond acceptors (Lipinski definition) is 4. The van der Waals surface area contributed by atoms with E-state index in [0.717, 1.165) is 11.3 Å². The monoisotopic (exact) mass is 361 g/mol. The molecule has 2 heterocycles. The van der Waals surface area contributed by atoms with Crippen LogP contribution in [0.15, 0.2) is 18.2 Å². The predicted octanol–water partition coefficient (Wildman–Crippen LogP) is 2.95. The van der Waals surface area contributed by atoms with Crippen LogP contribution in [0.3, 0.4) is 0 Å². The Balaban J connectivity index is 1.93. The summed E-state index contributed by atoms with van der Waals surface area (Å²) >= 11 is 7.35. The van der Waals surface area contributed by atoms with E-state index in [9.17, 15) is 17.6 Å². The summed E-state index contributed by atoms with van der Waals surface area (Å²) in [5.74, 6) is -0.638. The quantitative estimate of drug-likeness (QED) is 0.826. The fourth-order valence-electron chi connectivity index (χ4n) is 2.58. The zero-order chi connectivity index (χ0) is 16.1. The van der Waals surface area contributed by atoms with Gasteiger partial charge in [0.2, 0.25) is 0 Å². The second-order valence-electron chi connectivity index (χ2n) is 5.36. The van der Waals surface area contributed by atoms with Gasteiger partial charge in [-0.05, 0) is 24.6 Å². The van der Waals surface area contributed by atoms with Crippen molar-refractivity contribution in [3.63, 3.8) is 0 Å². The number of fused-ring (bicyclic) bond motifs is 1. The molecule has 4 nitrogen and oxygen atoms in total. The van der Waals surface area contributed by atoms with Crippen LogP contribution in [0, 0.1) is 5.82 Å². The molecule has 1 unspecified atom stereocenters. The topological polar surface area (TPSA) is 54.5 Å². The molecule has 1 aromatic heterocycles. The Morgan fingerprint density at radius 2 is 2.18 bits per heavy atom. The van der Waals surface area contributed by atoms with E-state index in [1.165, 1.54) is 17.0 Å². The highest BCUT2D eigenvalue weighted by atomic mass is 35.5. The van der Waals surface area contributed by atoms with Crippen LogP contribution in [-0.2, 0) is 9.84 Å². The maximum Gasteiger partial charge on any atom is 0.265 e. The van der Waals surface area contributed by atoms with Gasteiger partial charge in [-0.2, -0.15) is 0 Å². The molecule has 0 saturated carbocycles. The van der Waals surface area contributed by atoms with E-state index in [0.29, 0.717) is 21.4 Å². The minimum absolute atomic E-state index is 0.0214. The van der Waals surface area contributed by atoms with Crippen molar-refractivity contribution in [2.75, 3.05) is 18.6 Å². The summed E-state index contributed by atoms with van der Waals surface area (Å²) in [4.78, 5) is 14.3. The summed E-state index contributed by atoms with van der Waals surface area (Å²) in [6.07, 6.45) is 0.432. The number of sulfone groups is 1. The van der Waals surface area contributed by atoms with E-state index < -0.39 is 9.84 Å². The lowest BCUT2D eigenvalue weighted by Gasteiger charge is -2.22. The van der Waals surface area contributed by atoms with Gasteiger partial charge in [-0.25, -0.2) is 12.8 Å². The Kier molecular flexibility index (Phi) is 3.91. The minimum atomic E-state index is -3.07. The van der Waals surface area contributed by atoms with Gasteiger partial charge in [-0.15, -0.1) is 11.3 Å². The van der Waals surface area contributed by atoms with Crippen molar-refractivity contribution >= 4 is 48.8 Å². The SMILES string of the molecule is CN(C(=O)c1sc2cc(F)ccc2c1Cl)C1CCS(=O)(=O)C1. The lowest BCUT2D eigenvalue weighted by atomic mass is 10.2. The molecule has 0 bridgehead atoms. The van der Waals surface area contributed by atoms with E-state index in [2.05, 4.69) is 0 Å². The molecule has 118 valence electrons. The summed E-state index contributed by atoms with van der Waals surface area (Å²) in [5.41, 5.74) is 0. The number of benzene rings is 1. The highest BCUT2D eigenvalue weighted by molar-refractivity contribution is 7.91. The molecule has 1 atom stereocenters. The lowest BCUT2D eigenvalue weighted by molar-refractivity contribution is 0.0753. The highest BCUT2D eigenvalue weighted by Crippen LogP contribution is 2.36. The maximum absolute atomic E-state index is 13.3. The van der Waals surface area contributed by atoms with Gasteiger partial charge in [-0.1, -0.05) is 11.6 Å². The third kappa shape index (κ3) is 2.73. The highest BCUT2D eigenvalue weighted by Gasteiger charge is 2.34. The van der Waals surface area contributed by atoms with E-state index in [1.807, 2.05) is 0 Å². The molecule has 2 aromatic rings. The molecule has 22 heavy (non-hydrogen) atoms. The molecule has 1 fully saturated rings. The number of rotatable bonds is 2. The van der Waals surface area contributed by atoms with Gasteiger partial charge in [0.15, 0.2) is 9.84 Å². The zero-order valence-electron chi connectivity index (χ0n) is 11.7. The van der Waals surface area contributed by atoms with Gasteiger partial charge in [0.05, 0.1) is 16.5 Å². The first-order chi connectivity index (χ1) is 10.3. The van der Waals surface area contributed by atoms with Crippen molar-refractivity contribution in [3.05, 3.63) is 33.9 Å². The second kappa shape index (κ2) is 5.47. The van der Waals surface area contributed by atoms with Crippen LogP contribution in [0.25, 0.3) is 10.1 Å². The van der Waals surface area contributed by atoms with Crippen LogP contribution < -0.4 is 0 Å². The summed E-state index contributed by atoms with van der Waals surface area (Å²) in [6.45, 7) is 0. The van der Waals surface area contributed by atoms with E-state index in [-0.39, 0.29) is 34.3 Å². The van der Waals surface area contributed by atoms with Crippen LogP contribution in [-0.4, -0.2) is 43.8 Å². The predicted molar refractivity (Wildman–Crippen MR) is 85.9 cm³/mol. The molecule has 1 aromatic carbocycles. The third-order valence-corrected chi connectivity index (χ3v) is 7.26. The van der Waals surface area contributed by atoms with Crippen molar-refractivity contribution in [2.45, 2.75) is 12.5 Å². The van der Waals surface area contributed by atoms with Crippen molar-refractivity contribution in [1.82, 2.24) is 4.90 Å². The van der Waals surface area contributed by atoms with Crippen molar-refractivity contribution < 1.29 is 17.6 Å². The summed E-state index contributed by atoms with van der Waals surface area (Å²) in [5, 5.41) is 0.918. The van der Waals surface area contributed by atoms with Gasteiger partial charge in [0, 0.05) is 23.2 Å². The van der Waals surface area contributed by atoms with Crippen LogP contribution in [0.2, 0.25) is 5.02 Å². The number of amides is 1. The maximum atomic E-state index is 13.3. The van der Waals surface area contributed by atoms with Crippen molar-refractivity contribution in [3.8, 4) is 0 Å². The number of hydrogen-bond donors (Lipinski definition) is 0. The Morgan fingerprint density at radius 3 is 2.82 bits per heavy atom. The smallest absolute Gasteiger partial charge is 0.265 e. The van der Waals surface area contributed by atoms with Crippen molar-refractivity contribution in [2.24, 2.45) is 0 Å². The summed E-state index contributed by atoms with van der Waals surface area (Å²) < 4.78 is 37.0. The number of carbonyl (C=O) groups is 1. The number of carbonyl (C=O) groups excluding carboxylic acids is 1. The average molecular weight is 362 g/mol. The van der Waals surface area contributed by atoms with Gasteiger partial charge in [0.1, 0.15) is 10.7 Å². The minimum Gasteiger partial charge on any atom is -0.337 e. The van der Waals surface area contributed by atoms with Gasteiger partial charge < -0.3 is 4.90 Å². The Labute approximate surface area is 136 Å². The second-order valence-corrected chi connectivity index (χ2v) is 9.02. The van der Waals surface area contributed by atoms with Gasteiger partial charge in [0.25, 0.3) is 5.91 Å². The number of nitrogens with zero attached hydrogens (tertiary/aromatic N) is 1. The molecule has 8 heteroatoms. The first-order valence-corrected chi connectivity index (χ1v) is 9.65. The van der Waals surface area contributed by atoms with Crippen LogP contribution in [0.5, 0.6) is 0 Å². The van der Waals surface area contributed by atoms with Crippen molar-refractivity contribution in [1.29, 1.82) is 0 Å². The van der Waals surface area contributed by atoms with Gasteiger partial charge in [-0.3, -0.25) is 4.79 Å². The van der Waals surface area contributed by atoms with Crippen LogP contribution in [0.1, 0.15) is 16.1 Å². The molecule has 0 aliphatic carbocycles. The van der Waals surface area contributed by atoms with E-state index >= 15 is 0 Å². The lowest BCUT2D eigenvalue weighted by Crippen LogP contribution is -2.37.